The van der Waals surface area contributed by atoms with E-state index < -0.39 is 18.4 Å². The molecule has 1 fully saturated rings. The van der Waals surface area contributed by atoms with Crippen LogP contribution < -0.4 is 5.32 Å². The summed E-state index contributed by atoms with van der Waals surface area (Å²) in [5, 5.41) is 11.6. The van der Waals surface area contributed by atoms with Crippen molar-refractivity contribution in [1.29, 1.82) is 0 Å². The Balaban J connectivity index is 1.77. The Hall–Kier alpha value is -2.54. The van der Waals surface area contributed by atoms with Crippen LogP contribution in [0.5, 0.6) is 0 Å². The van der Waals surface area contributed by atoms with Gasteiger partial charge in [0.05, 0.1) is 17.7 Å². The highest BCUT2D eigenvalue weighted by atomic mass is 19.1. The zero-order valence-electron chi connectivity index (χ0n) is 12.9. The van der Waals surface area contributed by atoms with Crippen molar-refractivity contribution in [2.45, 2.75) is 18.8 Å². The number of hydrogen-bond acceptors (Lipinski definition) is 4. The number of amides is 1. The standard InChI is InChI=1S/C17H17FN2O4/c18-11-3-4-14-12(7-11)13(8-15(20-14)10-1-2-10)17(23)19-5-6-24-9-16(21)22/h3-4,7-8,10H,1-2,5-6,9H2,(H,19,23)(H,21,22). The molecule has 0 spiro atoms. The molecule has 0 aliphatic heterocycles. The van der Waals surface area contributed by atoms with E-state index in [1.165, 1.54) is 12.1 Å². The molecule has 2 N–H and O–H groups in total. The Morgan fingerprint density at radius 2 is 2.12 bits per heavy atom. The third-order valence-corrected chi connectivity index (χ3v) is 3.79. The van der Waals surface area contributed by atoms with Gasteiger partial charge in [-0.3, -0.25) is 9.78 Å². The van der Waals surface area contributed by atoms with Crippen LogP contribution in [0, 0.1) is 5.82 Å². The van der Waals surface area contributed by atoms with Gasteiger partial charge in [0.2, 0.25) is 0 Å². The lowest BCUT2D eigenvalue weighted by atomic mass is 10.1. The number of carbonyl (C=O) groups excluding carboxylic acids is 1. The highest BCUT2D eigenvalue weighted by molar-refractivity contribution is 6.06. The van der Waals surface area contributed by atoms with E-state index in [1.807, 2.05) is 0 Å². The first kappa shape index (κ1) is 16.3. The average Bonchev–Trinajstić information content (AvgIpc) is 3.38. The zero-order chi connectivity index (χ0) is 17.1. The van der Waals surface area contributed by atoms with Gasteiger partial charge in [-0.2, -0.15) is 0 Å². The van der Waals surface area contributed by atoms with E-state index in [0.29, 0.717) is 22.4 Å². The summed E-state index contributed by atoms with van der Waals surface area (Å²) in [7, 11) is 0. The third kappa shape index (κ3) is 3.86. The van der Waals surface area contributed by atoms with E-state index in [4.69, 9.17) is 9.84 Å². The second kappa shape index (κ2) is 6.92. The summed E-state index contributed by atoms with van der Waals surface area (Å²) in [5.74, 6) is -1.48. The predicted octanol–water partition coefficient (Wildman–Crippen LogP) is 2.08. The Labute approximate surface area is 137 Å². The first-order valence-corrected chi connectivity index (χ1v) is 7.72. The summed E-state index contributed by atoms with van der Waals surface area (Å²) < 4.78 is 18.4. The SMILES string of the molecule is O=C(O)COCCNC(=O)c1cc(C2CC2)nc2ccc(F)cc12. The normalized spacial score (nSPS) is 13.9. The fourth-order valence-electron chi connectivity index (χ4n) is 2.49. The molecule has 1 heterocycles. The fourth-order valence-corrected chi connectivity index (χ4v) is 2.49. The number of aromatic nitrogens is 1. The molecule has 7 heteroatoms. The molecule has 2 aromatic rings. The Bertz CT molecular complexity index is 789. The number of halogens is 1. The largest absolute Gasteiger partial charge is 0.480 e. The minimum Gasteiger partial charge on any atom is -0.480 e. The molecule has 126 valence electrons. The van der Waals surface area contributed by atoms with E-state index in [1.54, 1.807) is 12.1 Å². The van der Waals surface area contributed by atoms with Gasteiger partial charge in [0, 0.05) is 23.5 Å². The van der Waals surface area contributed by atoms with Crippen molar-refractivity contribution >= 4 is 22.8 Å². The van der Waals surface area contributed by atoms with Crippen LogP contribution in [-0.2, 0) is 9.53 Å². The average molecular weight is 332 g/mol. The number of hydrogen-bond donors (Lipinski definition) is 2. The number of carboxylic acid groups (broad SMARTS) is 1. The van der Waals surface area contributed by atoms with Gasteiger partial charge in [-0.1, -0.05) is 0 Å². The van der Waals surface area contributed by atoms with Gasteiger partial charge in [-0.05, 0) is 37.1 Å². The molecule has 24 heavy (non-hydrogen) atoms. The van der Waals surface area contributed by atoms with E-state index in [2.05, 4.69) is 10.3 Å². The maximum atomic E-state index is 13.5. The van der Waals surface area contributed by atoms with Gasteiger partial charge < -0.3 is 15.2 Å². The van der Waals surface area contributed by atoms with Crippen molar-refractivity contribution in [3.05, 3.63) is 41.3 Å². The van der Waals surface area contributed by atoms with Gasteiger partial charge in [0.1, 0.15) is 12.4 Å². The van der Waals surface area contributed by atoms with Gasteiger partial charge in [0.15, 0.2) is 0 Å². The van der Waals surface area contributed by atoms with Crippen molar-refractivity contribution in [3.8, 4) is 0 Å². The van der Waals surface area contributed by atoms with Crippen LogP contribution in [0.15, 0.2) is 24.3 Å². The van der Waals surface area contributed by atoms with Crippen molar-refractivity contribution < 1.29 is 23.8 Å². The number of benzene rings is 1. The number of fused-ring (bicyclic) bond motifs is 1. The van der Waals surface area contributed by atoms with Crippen molar-refractivity contribution in [2.75, 3.05) is 19.8 Å². The second-order valence-electron chi connectivity index (χ2n) is 5.73. The van der Waals surface area contributed by atoms with Crippen LogP contribution in [0.4, 0.5) is 4.39 Å². The summed E-state index contributed by atoms with van der Waals surface area (Å²) >= 11 is 0. The molecule has 0 unspecified atom stereocenters. The van der Waals surface area contributed by atoms with Crippen molar-refractivity contribution in [1.82, 2.24) is 10.3 Å². The molecule has 3 rings (SSSR count). The molecule has 6 nitrogen and oxygen atoms in total. The van der Waals surface area contributed by atoms with Gasteiger partial charge in [-0.15, -0.1) is 0 Å². The number of aliphatic carboxylic acids is 1. The molecular formula is C17H17FN2O4. The Kier molecular flexibility index (Phi) is 4.71. The maximum absolute atomic E-state index is 13.5. The number of ether oxygens (including phenoxy) is 1. The van der Waals surface area contributed by atoms with Crippen molar-refractivity contribution in [3.63, 3.8) is 0 Å². The Morgan fingerprint density at radius 3 is 2.83 bits per heavy atom. The number of carbonyl (C=O) groups is 2. The van der Waals surface area contributed by atoms with Gasteiger partial charge in [0.25, 0.3) is 5.91 Å². The molecule has 1 aliphatic carbocycles. The molecule has 0 atom stereocenters. The smallest absolute Gasteiger partial charge is 0.329 e. The van der Waals surface area contributed by atoms with Crippen molar-refractivity contribution in [2.24, 2.45) is 0 Å². The molecule has 0 saturated heterocycles. The lowest BCUT2D eigenvalue weighted by Gasteiger charge is -2.10. The predicted molar refractivity (Wildman–Crippen MR) is 84.5 cm³/mol. The molecule has 1 aromatic heterocycles. The summed E-state index contributed by atoms with van der Waals surface area (Å²) in [4.78, 5) is 27.3. The van der Waals surface area contributed by atoms with Gasteiger partial charge >= 0.3 is 5.97 Å². The lowest BCUT2D eigenvalue weighted by Crippen LogP contribution is -2.28. The highest BCUT2D eigenvalue weighted by Crippen LogP contribution is 2.40. The monoisotopic (exact) mass is 332 g/mol. The molecule has 0 radical (unpaired) electrons. The van der Waals surface area contributed by atoms with E-state index in [-0.39, 0.29) is 19.1 Å². The number of carboxylic acids is 1. The molecule has 1 aromatic carbocycles. The summed E-state index contributed by atoms with van der Waals surface area (Å²) in [6, 6.07) is 5.92. The van der Waals surface area contributed by atoms with Crippen LogP contribution in [0.3, 0.4) is 0 Å². The minimum absolute atomic E-state index is 0.0882. The van der Waals surface area contributed by atoms with E-state index in [9.17, 15) is 14.0 Å². The first-order valence-electron chi connectivity index (χ1n) is 7.72. The fraction of sp³-hybridized carbons (Fsp3) is 0.353. The van der Waals surface area contributed by atoms with E-state index in [0.717, 1.165) is 18.5 Å². The first-order chi connectivity index (χ1) is 11.5. The quantitative estimate of drug-likeness (QED) is 0.758. The summed E-state index contributed by atoms with van der Waals surface area (Å²) in [6.45, 7) is -0.153. The van der Waals surface area contributed by atoms with Crippen LogP contribution in [0.1, 0.15) is 34.8 Å². The molecule has 1 amide bonds. The number of nitrogens with one attached hydrogen (secondary N) is 1. The summed E-state index contributed by atoms with van der Waals surface area (Å²) in [6.07, 6.45) is 2.09. The number of rotatable bonds is 7. The molecule has 1 aliphatic rings. The van der Waals surface area contributed by atoms with Crippen LogP contribution in [0.2, 0.25) is 0 Å². The molecule has 0 bridgehead atoms. The lowest BCUT2D eigenvalue weighted by molar-refractivity contribution is -0.142. The highest BCUT2D eigenvalue weighted by Gasteiger charge is 2.27. The van der Waals surface area contributed by atoms with Crippen LogP contribution in [0.25, 0.3) is 10.9 Å². The third-order valence-electron chi connectivity index (χ3n) is 3.79. The van der Waals surface area contributed by atoms with Crippen LogP contribution in [-0.4, -0.2) is 41.7 Å². The Morgan fingerprint density at radius 1 is 1.33 bits per heavy atom. The topological polar surface area (TPSA) is 88.5 Å². The van der Waals surface area contributed by atoms with Gasteiger partial charge in [-0.25, -0.2) is 9.18 Å². The molecule has 1 saturated carbocycles. The zero-order valence-corrected chi connectivity index (χ0v) is 12.9. The minimum atomic E-state index is -1.06. The second-order valence-corrected chi connectivity index (χ2v) is 5.73. The van der Waals surface area contributed by atoms with E-state index >= 15 is 0 Å². The number of pyridine rings is 1. The molecular weight excluding hydrogens is 315 g/mol. The summed E-state index contributed by atoms with van der Waals surface area (Å²) in [5.41, 5.74) is 1.81. The van der Waals surface area contributed by atoms with Crippen LogP contribution >= 0.6 is 0 Å². The number of nitrogens with zero attached hydrogens (tertiary/aromatic N) is 1. The maximum Gasteiger partial charge on any atom is 0.329 e.